The first-order chi connectivity index (χ1) is 14.9. The van der Waals surface area contributed by atoms with Gasteiger partial charge in [-0.2, -0.15) is 0 Å². The molecule has 0 spiro atoms. The lowest BCUT2D eigenvalue weighted by Gasteiger charge is -2.35. The van der Waals surface area contributed by atoms with Gasteiger partial charge < -0.3 is 10.2 Å². The van der Waals surface area contributed by atoms with Gasteiger partial charge in [-0.1, -0.05) is 67.2 Å². The molecule has 1 aliphatic rings. The second-order valence-corrected chi connectivity index (χ2v) is 9.26. The largest absolute Gasteiger partial charge is 0.351 e. The minimum absolute atomic E-state index is 0.0928. The third-order valence-corrected chi connectivity index (χ3v) is 6.58. The number of alkyl halides is 1. The number of nitrogens with zero attached hydrogens (tertiary/aromatic N) is 1. The predicted molar refractivity (Wildman–Crippen MR) is 126 cm³/mol. The summed E-state index contributed by atoms with van der Waals surface area (Å²) in [7, 11) is 0. The zero-order valence-electron chi connectivity index (χ0n) is 17.5. The van der Waals surface area contributed by atoms with Gasteiger partial charge in [-0.15, -0.1) is 11.6 Å². The average molecular weight is 482 g/mol. The molecule has 7 heteroatoms. The fraction of sp³-hybridized carbons (Fsp3) is 0.417. The number of hydrogen-bond acceptors (Lipinski definition) is 2. The van der Waals surface area contributed by atoms with Gasteiger partial charge in [0.05, 0.1) is 0 Å². The molecular weight excluding hydrogens is 455 g/mol. The van der Waals surface area contributed by atoms with Crippen molar-refractivity contribution < 1.29 is 9.59 Å². The molecule has 0 unspecified atom stereocenters. The number of halogens is 3. The smallest absolute Gasteiger partial charge is 0.247 e. The molecule has 1 fully saturated rings. The molecule has 0 radical (unpaired) electrons. The molecule has 2 aromatic carbocycles. The first-order valence-corrected chi connectivity index (χ1v) is 11.8. The number of hydrogen-bond donors (Lipinski definition) is 1. The fourth-order valence-electron chi connectivity index (χ4n) is 4.14. The Kier molecular flexibility index (Phi) is 8.65. The molecule has 31 heavy (non-hydrogen) atoms. The molecule has 1 aliphatic carbocycles. The maximum atomic E-state index is 13.6. The second-order valence-electron chi connectivity index (χ2n) is 8.12. The Morgan fingerprint density at radius 1 is 1.06 bits per heavy atom. The highest BCUT2D eigenvalue weighted by Gasteiger charge is 2.33. The van der Waals surface area contributed by atoms with Crippen LogP contribution in [0, 0.1) is 5.92 Å². The molecule has 1 saturated carbocycles. The van der Waals surface area contributed by atoms with Crippen molar-refractivity contribution in [2.45, 2.75) is 51.2 Å². The van der Waals surface area contributed by atoms with Crippen LogP contribution in [0.15, 0.2) is 48.5 Å². The minimum Gasteiger partial charge on any atom is -0.351 e. The topological polar surface area (TPSA) is 49.4 Å². The highest BCUT2D eigenvalue weighted by Crippen LogP contribution is 2.29. The molecule has 166 valence electrons. The van der Waals surface area contributed by atoms with Crippen LogP contribution >= 0.6 is 34.8 Å². The van der Waals surface area contributed by atoms with E-state index in [1.54, 1.807) is 36.4 Å². The molecule has 3 rings (SSSR count). The van der Waals surface area contributed by atoms with Gasteiger partial charge in [-0.05, 0) is 54.2 Å². The van der Waals surface area contributed by atoms with Crippen LogP contribution in [0.1, 0.15) is 49.8 Å². The number of amides is 2. The van der Waals surface area contributed by atoms with Crippen LogP contribution in [0.3, 0.4) is 0 Å². The van der Waals surface area contributed by atoms with E-state index in [9.17, 15) is 9.59 Å². The molecule has 4 nitrogen and oxygen atoms in total. The summed E-state index contributed by atoms with van der Waals surface area (Å²) in [6, 6.07) is 13.5. The SMILES string of the molecule is C[C@@H]1CCCC[C@@H]1NC(=O)[C@@H](c1ccc(Cl)cc1)N(Cc1cccc(Cl)c1)C(=O)CCl. The molecule has 2 amide bonds. The summed E-state index contributed by atoms with van der Waals surface area (Å²) >= 11 is 18.2. The summed E-state index contributed by atoms with van der Waals surface area (Å²) in [5, 5.41) is 4.34. The van der Waals surface area contributed by atoms with Crippen LogP contribution in [0.2, 0.25) is 10.0 Å². The zero-order chi connectivity index (χ0) is 22.4. The zero-order valence-corrected chi connectivity index (χ0v) is 19.8. The van der Waals surface area contributed by atoms with Crippen molar-refractivity contribution in [1.29, 1.82) is 0 Å². The van der Waals surface area contributed by atoms with Gasteiger partial charge in [-0.3, -0.25) is 9.59 Å². The highest BCUT2D eigenvalue weighted by atomic mass is 35.5. The average Bonchev–Trinajstić information content (AvgIpc) is 2.75. The molecule has 2 aromatic rings. The number of carbonyl (C=O) groups is 2. The van der Waals surface area contributed by atoms with Crippen LogP contribution in [0.4, 0.5) is 0 Å². The van der Waals surface area contributed by atoms with Crippen LogP contribution in [-0.2, 0) is 16.1 Å². The summed E-state index contributed by atoms with van der Waals surface area (Å²) in [5.41, 5.74) is 1.51. The molecule has 0 saturated heterocycles. The quantitative estimate of drug-likeness (QED) is 0.493. The van der Waals surface area contributed by atoms with Crippen molar-refractivity contribution in [3.63, 3.8) is 0 Å². The van der Waals surface area contributed by atoms with Gasteiger partial charge in [0.1, 0.15) is 11.9 Å². The van der Waals surface area contributed by atoms with E-state index in [4.69, 9.17) is 34.8 Å². The fourth-order valence-corrected chi connectivity index (χ4v) is 4.63. The Morgan fingerprint density at radius 3 is 2.42 bits per heavy atom. The minimum atomic E-state index is -0.823. The van der Waals surface area contributed by atoms with Crippen molar-refractivity contribution in [2.75, 3.05) is 5.88 Å². The van der Waals surface area contributed by atoms with Gasteiger partial charge in [0.15, 0.2) is 0 Å². The standard InChI is InChI=1S/C24H27Cl3N2O2/c1-16-5-2-3-8-21(16)28-24(31)23(18-9-11-19(26)12-10-18)29(22(30)14-25)15-17-6-4-7-20(27)13-17/h4,6-7,9-13,16,21,23H,2-3,5,8,14-15H2,1H3,(H,28,31)/t16-,21+,23-/m1/s1. The van der Waals surface area contributed by atoms with Gasteiger partial charge in [0, 0.05) is 22.6 Å². The molecule has 1 N–H and O–H groups in total. The van der Waals surface area contributed by atoms with E-state index in [0.717, 1.165) is 24.8 Å². The maximum absolute atomic E-state index is 13.6. The summed E-state index contributed by atoms with van der Waals surface area (Å²) < 4.78 is 0. The third kappa shape index (κ3) is 6.38. The van der Waals surface area contributed by atoms with Crippen molar-refractivity contribution in [2.24, 2.45) is 5.92 Å². The molecule has 0 aromatic heterocycles. The lowest BCUT2D eigenvalue weighted by Crippen LogP contribution is -2.49. The Hall–Kier alpha value is -1.75. The van der Waals surface area contributed by atoms with E-state index < -0.39 is 6.04 Å². The van der Waals surface area contributed by atoms with E-state index in [1.807, 2.05) is 12.1 Å². The van der Waals surface area contributed by atoms with Crippen molar-refractivity contribution in [3.05, 3.63) is 69.7 Å². The Bertz CT molecular complexity index is 904. The predicted octanol–water partition coefficient (Wildman–Crippen LogP) is 6.00. The van der Waals surface area contributed by atoms with Gasteiger partial charge in [0.25, 0.3) is 0 Å². The van der Waals surface area contributed by atoms with E-state index in [2.05, 4.69) is 12.2 Å². The lowest BCUT2D eigenvalue weighted by molar-refractivity contribution is -0.140. The van der Waals surface area contributed by atoms with E-state index in [-0.39, 0.29) is 30.3 Å². The first kappa shape index (κ1) is 23.9. The van der Waals surface area contributed by atoms with Crippen LogP contribution in [-0.4, -0.2) is 28.6 Å². The highest BCUT2D eigenvalue weighted by molar-refractivity contribution is 6.31. The number of rotatable bonds is 7. The van der Waals surface area contributed by atoms with E-state index in [1.165, 1.54) is 11.3 Å². The van der Waals surface area contributed by atoms with E-state index in [0.29, 0.717) is 21.5 Å². The summed E-state index contributed by atoms with van der Waals surface area (Å²) in [5.74, 6) is -0.360. The van der Waals surface area contributed by atoms with Crippen LogP contribution in [0.5, 0.6) is 0 Å². The third-order valence-electron chi connectivity index (χ3n) is 5.86. The van der Waals surface area contributed by atoms with Crippen molar-refractivity contribution in [3.8, 4) is 0 Å². The normalized spacial score (nSPS) is 19.5. The summed E-state index contributed by atoms with van der Waals surface area (Å²) in [6.07, 6.45) is 4.30. The number of nitrogens with one attached hydrogen (secondary N) is 1. The van der Waals surface area contributed by atoms with Crippen LogP contribution < -0.4 is 5.32 Å². The number of carbonyl (C=O) groups excluding carboxylic acids is 2. The van der Waals surface area contributed by atoms with E-state index >= 15 is 0 Å². The second kappa shape index (κ2) is 11.2. The lowest BCUT2D eigenvalue weighted by atomic mass is 9.85. The van der Waals surface area contributed by atoms with Crippen LogP contribution in [0.25, 0.3) is 0 Å². The summed E-state index contributed by atoms with van der Waals surface area (Å²) in [6.45, 7) is 2.38. The number of benzene rings is 2. The molecule has 3 atom stereocenters. The monoisotopic (exact) mass is 480 g/mol. The molecule has 0 aliphatic heterocycles. The Morgan fingerprint density at radius 2 is 1.77 bits per heavy atom. The van der Waals surface area contributed by atoms with Crippen molar-refractivity contribution in [1.82, 2.24) is 10.2 Å². The molecule has 0 bridgehead atoms. The molecule has 0 heterocycles. The Balaban J connectivity index is 1.95. The Labute approximate surface area is 198 Å². The summed E-state index contributed by atoms with van der Waals surface area (Å²) in [4.78, 5) is 28.0. The van der Waals surface area contributed by atoms with Gasteiger partial charge in [-0.25, -0.2) is 0 Å². The maximum Gasteiger partial charge on any atom is 0.247 e. The molecular formula is C24H27Cl3N2O2. The van der Waals surface area contributed by atoms with Crippen molar-refractivity contribution >= 4 is 46.6 Å². The van der Waals surface area contributed by atoms with Gasteiger partial charge in [0.2, 0.25) is 11.8 Å². The van der Waals surface area contributed by atoms with Gasteiger partial charge >= 0.3 is 0 Å². The first-order valence-electron chi connectivity index (χ1n) is 10.5.